The standard InChI is InChI=1S/C10H14N4O2/c15-10(16)9-6-12-3-4-14(9)7-8-5-11-1-2-13-8/h1-2,5,9,12H,3-4,6-7H2,(H,15,16). The van der Waals surface area contributed by atoms with E-state index >= 15 is 0 Å². The van der Waals surface area contributed by atoms with Crippen molar-refractivity contribution in [3.63, 3.8) is 0 Å². The van der Waals surface area contributed by atoms with Crippen LogP contribution in [0.3, 0.4) is 0 Å². The van der Waals surface area contributed by atoms with Crippen LogP contribution < -0.4 is 5.32 Å². The minimum atomic E-state index is -0.795. The molecule has 1 saturated heterocycles. The van der Waals surface area contributed by atoms with Crippen molar-refractivity contribution in [2.45, 2.75) is 12.6 Å². The number of carboxylic acids is 1. The third kappa shape index (κ3) is 2.53. The molecule has 1 unspecified atom stereocenters. The SMILES string of the molecule is O=C(O)C1CNCCN1Cc1cnccn1. The fraction of sp³-hybridized carbons (Fsp3) is 0.500. The average molecular weight is 222 g/mol. The average Bonchev–Trinajstić information content (AvgIpc) is 2.31. The van der Waals surface area contributed by atoms with Gasteiger partial charge in [-0.05, 0) is 0 Å². The van der Waals surface area contributed by atoms with Gasteiger partial charge >= 0.3 is 5.97 Å². The summed E-state index contributed by atoms with van der Waals surface area (Å²) in [5, 5.41) is 12.1. The highest BCUT2D eigenvalue weighted by atomic mass is 16.4. The van der Waals surface area contributed by atoms with Gasteiger partial charge in [-0.15, -0.1) is 0 Å². The second kappa shape index (κ2) is 5.00. The van der Waals surface area contributed by atoms with E-state index < -0.39 is 12.0 Å². The van der Waals surface area contributed by atoms with E-state index in [9.17, 15) is 4.79 Å². The van der Waals surface area contributed by atoms with Crippen molar-refractivity contribution in [2.24, 2.45) is 0 Å². The molecule has 1 aromatic rings. The molecule has 6 heteroatoms. The Bertz CT molecular complexity index is 357. The lowest BCUT2D eigenvalue weighted by atomic mass is 10.2. The number of carboxylic acid groups (broad SMARTS) is 1. The van der Waals surface area contributed by atoms with Crippen LogP contribution in [0.2, 0.25) is 0 Å². The van der Waals surface area contributed by atoms with Crippen LogP contribution in [-0.2, 0) is 11.3 Å². The van der Waals surface area contributed by atoms with Crippen LogP contribution >= 0.6 is 0 Å². The summed E-state index contributed by atoms with van der Waals surface area (Å²) in [5.74, 6) is -0.795. The van der Waals surface area contributed by atoms with Crippen LogP contribution in [0, 0.1) is 0 Å². The Morgan fingerprint density at radius 1 is 1.62 bits per heavy atom. The lowest BCUT2D eigenvalue weighted by molar-refractivity contribution is -0.144. The predicted octanol–water partition coefficient (Wildman–Crippen LogP) is -0.665. The molecule has 16 heavy (non-hydrogen) atoms. The molecule has 86 valence electrons. The molecule has 0 amide bonds. The fourth-order valence-corrected chi connectivity index (χ4v) is 1.80. The Labute approximate surface area is 93.3 Å². The quantitative estimate of drug-likeness (QED) is 0.706. The highest BCUT2D eigenvalue weighted by Gasteiger charge is 2.28. The Morgan fingerprint density at radius 3 is 3.19 bits per heavy atom. The highest BCUT2D eigenvalue weighted by molar-refractivity contribution is 5.73. The van der Waals surface area contributed by atoms with Crippen LogP contribution in [0.1, 0.15) is 5.69 Å². The van der Waals surface area contributed by atoms with Crippen molar-refractivity contribution < 1.29 is 9.90 Å². The molecular formula is C10H14N4O2. The van der Waals surface area contributed by atoms with Crippen LogP contribution in [0.5, 0.6) is 0 Å². The van der Waals surface area contributed by atoms with Crippen molar-refractivity contribution in [3.8, 4) is 0 Å². The molecule has 0 bridgehead atoms. The molecule has 0 aromatic carbocycles. The summed E-state index contributed by atoms with van der Waals surface area (Å²) < 4.78 is 0. The molecule has 6 nitrogen and oxygen atoms in total. The van der Waals surface area contributed by atoms with E-state index in [2.05, 4.69) is 15.3 Å². The highest BCUT2D eigenvalue weighted by Crippen LogP contribution is 2.07. The smallest absolute Gasteiger partial charge is 0.322 e. The number of hydrogen-bond donors (Lipinski definition) is 2. The van der Waals surface area contributed by atoms with Crippen LogP contribution in [0.25, 0.3) is 0 Å². The van der Waals surface area contributed by atoms with Gasteiger partial charge in [0.1, 0.15) is 6.04 Å². The number of piperazine rings is 1. The molecular weight excluding hydrogens is 208 g/mol. The first-order chi connectivity index (χ1) is 7.77. The third-order valence-electron chi connectivity index (χ3n) is 2.62. The van der Waals surface area contributed by atoms with E-state index in [0.717, 1.165) is 12.2 Å². The van der Waals surface area contributed by atoms with Crippen molar-refractivity contribution in [1.82, 2.24) is 20.2 Å². The Hall–Kier alpha value is -1.53. The molecule has 1 aliphatic heterocycles. The molecule has 1 aliphatic rings. The number of nitrogens with one attached hydrogen (secondary N) is 1. The first-order valence-corrected chi connectivity index (χ1v) is 5.20. The minimum Gasteiger partial charge on any atom is -0.480 e. The summed E-state index contributed by atoms with van der Waals surface area (Å²) in [4.78, 5) is 21.1. The largest absolute Gasteiger partial charge is 0.480 e. The second-order valence-electron chi connectivity index (χ2n) is 3.73. The van der Waals surface area contributed by atoms with Gasteiger partial charge in [-0.2, -0.15) is 0 Å². The first kappa shape index (κ1) is 11.0. The molecule has 0 saturated carbocycles. The van der Waals surface area contributed by atoms with Crippen LogP contribution in [-0.4, -0.2) is 51.6 Å². The number of hydrogen-bond acceptors (Lipinski definition) is 5. The van der Waals surface area contributed by atoms with Gasteiger partial charge in [0.15, 0.2) is 0 Å². The van der Waals surface area contributed by atoms with E-state index in [0.29, 0.717) is 19.6 Å². The zero-order chi connectivity index (χ0) is 11.4. The number of nitrogens with zero attached hydrogens (tertiary/aromatic N) is 3. The summed E-state index contributed by atoms with van der Waals surface area (Å²) in [6.45, 7) is 2.54. The van der Waals surface area contributed by atoms with Gasteiger partial charge in [0.2, 0.25) is 0 Å². The molecule has 0 aliphatic carbocycles. The molecule has 0 spiro atoms. The molecule has 1 atom stereocenters. The lowest BCUT2D eigenvalue weighted by Crippen LogP contribution is -2.54. The lowest BCUT2D eigenvalue weighted by Gasteiger charge is -2.32. The summed E-state index contributed by atoms with van der Waals surface area (Å²) in [5.41, 5.74) is 0.802. The van der Waals surface area contributed by atoms with Crippen LogP contribution in [0.4, 0.5) is 0 Å². The van der Waals surface area contributed by atoms with E-state index in [-0.39, 0.29) is 0 Å². The topological polar surface area (TPSA) is 78.4 Å². The van der Waals surface area contributed by atoms with Gasteiger partial charge < -0.3 is 10.4 Å². The minimum absolute atomic E-state index is 0.476. The molecule has 2 rings (SSSR count). The Kier molecular flexibility index (Phi) is 3.43. The summed E-state index contributed by atoms with van der Waals surface area (Å²) in [6, 6.07) is -0.476. The number of rotatable bonds is 3. The maximum absolute atomic E-state index is 11.0. The zero-order valence-electron chi connectivity index (χ0n) is 8.83. The van der Waals surface area contributed by atoms with Gasteiger partial charge in [-0.3, -0.25) is 19.7 Å². The van der Waals surface area contributed by atoms with Gasteiger partial charge in [-0.1, -0.05) is 0 Å². The Morgan fingerprint density at radius 2 is 2.50 bits per heavy atom. The predicted molar refractivity (Wildman–Crippen MR) is 56.7 cm³/mol. The third-order valence-corrected chi connectivity index (χ3v) is 2.62. The first-order valence-electron chi connectivity index (χ1n) is 5.20. The number of aliphatic carboxylic acids is 1. The summed E-state index contributed by atoms with van der Waals surface area (Å²) in [7, 11) is 0. The fourth-order valence-electron chi connectivity index (χ4n) is 1.80. The second-order valence-corrected chi connectivity index (χ2v) is 3.73. The van der Waals surface area contributed by atoms with E-state index in [1.54, 1.807) is 18.6 Å². The van der Waals surface area contributed by atoms with Gasteiger partial charge in [0.25, 0.3) is 0 Å². The maximum atomic E-state index is 11.0. The number of carbonyl (C=O) groups is 1. The molecule has 2 N–H and O–H groups in total. The molecule has 2 heterocycles. The summed E-state index contributed by atoms with van der Waals surface area (Å²) in [6.07, 6.45) is 4.89. The van der Waals surface area contributed by atoms with Gasteiger partial charge in [0, 0.05) is 44.8 Å². The normalized spacial score (nSPS) is 21.9. The molecule has 0 radical (unpaired) electrons. The van der Waals surface area contributed by atoms with Crippen molar-refractivity contribution in [1.29, 1.82) is 0 Å². The van der Waals surface area contributed by atoms with Gasteiger partial charge in [-0.25, -0.2) is 0 Å². The van der Waals surface area contributed by atoms with Crippen molar-refractivity contribution >= 4 is 5.97 Å². The zero-order valence-corrected chi connectivity index (χ0v) is 8.83. The maximum Gasteiger partial charge on any atom is 0.322 e. The van der Waals surface area contributed by atoms with Crippen LogP contribution in [0.15, 0.2) is 18.6 Å². The van der Waals surface area contributed by atoms with E-state index in [4.69, 9.17) is 5.11 Å². The molecule has 1 fully saturated rings. The number of aromatic nitrogens is 2. The summed E-state index contributed by atoms with van der Waals surface area (Å²) >= 11 is 0. The Balaban J connectivity index is 2.04. The van der Waals surface area contributed by atoms with Gasteiger partial charge in [0.05, 0.1) is 5.69 Å². The van der Waals surface area contributed by atoms with E-state index in [1.165, 1.54) is 0 Å². The van der Waals surface area contributed by atoms with Crippen molar-refractivity contribution in [3.05, 3.63) is 24.3 Å². The monoisotopic (exact) mass is 222 g/mol. The van der Waals surface area contributed by atoms with Crippen molar-refractivity contribution in [2.75, 3.05) is 19.6 Å². The van der Waals surface area contributed by atoms with E-state index in [1.807, 2.05) is 4.90 Å². The molecule has 1 aromatic heterocycles.